The summed E-state index contributed by atoms with van der Waals surface area (Å²) in [6.07, 6.45) is 4.97. The van der Waals surface area contributed by atoms with Crippen LogP contribution in [0.15, 0.2) is 65.5 Å². The van der Waals surface area contributed by atoms with Crippen LogP contribution in [0, 0.1) is 0 Å². The number of carbonyl (C=O) groups excluding carboxylic acids is 2. The number of amides is 2. The van der Waals surface area contributed by atoms with Crippen LogP contribution in [0.3, 0.4) is 0 Å². The highest BCUT2D eigenvalue weighted by molar-refractivity contribution is 6.10. The number of pyridine rings is 1. The molecule has 0 aliphatic carbocycles. The van der Waals surface area contributed by atoms with E-state index in [1.54, 1.807) is 41.2 Å². The van der Waals surface area contributed by atoms with Gasteiger partial charge in [-0.25, -0.2) is 0 Å². The second-order valence-electron chi connectivity index (χ2n) is 6.58. The molecule has 6 nitrogen and oxygen atoms in total. The Hall–Kier alpha value is -3.41. The molecule has 0 unspecified atom stereocenters. The van der Waals surface area contributed by atoms with Crippen molar-refractivity contribution in [1.29, 1.82) is 0 Å². The summed E-state index contributed by atoms with van der Waals surface area (Å²) in [7, 11) is 0. The van der Waals surface area contributed by atoms with Gasteiger partial charge >= 0.3 is 0 Å². The molecule has 0 radical (unpaired) electrons. The third kappa shape index (κ3) is 2.99. The maximum atomic E-state index is 13.0. The van der Waals surface area contributed by atoms with E-state index in [2.05, 4.69) is 4.98 Å². The van der Waals surface area contributed by atoms with Crippen molar-refractivity contribution in [2.45, 2.75) is 19.9 Å². The van der Waals surface area contributed by atoms with Gasteiger partial charge < -0.3 is 14.2 Å². The third-order valence-electron chi connectivity index (χ3n) is 4.72. The van der Waals surface area contributed by atoms with E-state index in [9.17, 15) is 9.59 Å². The van der Waals surface area contributed by atoms with Crippen LogP contribution in [-0.2, 0) is 4.79 Å². The first-order valence-corrected chi connectivity index (χ1v) is 8.76. The van der Waals surface area contributed by atoms with Gasteiger partial charge in [-0.1, -0.05) is 12.1 Å². The second-order valence-corrected chi connectivity index (χ2v) is 6.58. The zero-order valence-electron chi connectivity index (χ0n) is 15.1. The Morgan fingerprint density at radius 2 is 1.96 bits per heavy atom. The maximum absolute atomic E-state index is 13.0. The van der Waals surface area contributed by atoms with Crippen LogP contribution < -0.4 is 9.80 Å². The lowest BCUT2D eigenvalue weighted by molar-refractivity contribution is -0.117. The molecule has 0 saturated carbocycles. The fraction of sp³-hybridized carbons (Fsp3) is 0.190. The zero-order valence-corrected chi connectivity index (χ0v) is 15.1. The van der Waals surface area contributed by atoms with Crippen LogP contribution in [-0.4, -0.2) is 29.4 Å². The summed E-state index contributed by atoms with van der Waals surface area (Å²) in [5.74, 6) is -0.00109. The summed E-state index contributed by atoms with van der Waals surface area (Å²) >= 11 is 0. The first kappa shape index (κ1) is 17.0. The number of furan rings is 1. The summed E-state index contributed by atoms with van der Waals surface area (Å²) in [4.78, 5) is 32.8. The smallest absolute Gasteiger partial charge is 0.294 e. The summed E-state index contributed by atoms with van der Waals surface area (Å²) in [6, 6.07) is 12.8. The zero-order chi connectivity index (χ0) is 19.0. The number of hydrogen-bond acceptors (Lipinski definition) is 4. The minimum absolute atomic E-state index is 0.0528. The minimum Gasteiger partial charge on any atom is -0.459 e. The van der Waals surface area contributed by atoms with E-state index >= 15 is 0 Å². The predicted molar refractivity (Wildman–Crippen MR) is 103 cm³/mol. The fourth-order valence-electron chi connectivity index (χ4n) is 3.54. The Labute approximate surface area is 157 Å². The molecule has 1 atom stereocenters. The van der Waals surface area contributed by atoms with E-state index in [-0.39, 0.29) is 23.6 Å². The standard InChI is InChI=1S/C21H19N3O3/c1-14-13-23(21(26)20-6-4-10-27-20)19-11-16(17-5-3-9-22-12-17)7-8-18(19)24(14)15(2)25/h3-12,14H,13H2,1-2H3/t14-/m0/s1. The second kappa shape index (κ2) is 6.72. The van der Waals surface area contributed by atoms with E-state index in [4.69, 9.17) is 4.42 Å². The lowest BCUT2D eigenvalue weighted by Crippen LogP contribution is -2.51. The summed E-state index contributed by atoms with van der Waals surface area (Å²) in [6.45, 7) is 3.86. The monoisotopic (exact) mass is 361 g/mol. The molecule has 6 heteroatoms. The highest BCUT2D eigenvalue weighted by atomic mass is 16.3. The molecule has 0 bridgehead atoms. The van der Waals surface area contributed by atoms with Crippen molar-refractivity contribution in [2.24, 2.45) is 0 Å². The Balaban J connectivity index is 1.85. The number of anilines is 2. The number of fused-ring (bicyclic) bond motifs is 1. The Bertz CT molecular complexity index is 983. The van der Waals surface area contributed by atoms with Gasteiger partial charge in [-0.15, -0.1) is 0 Å². The molecule has 0 fully saturated rings. The number of aromatic nitrogens is 1. The average Bonchev–Trinajstić information content (AvgIpc) is 3.21. The number of nitrogens with zero attached hydrogens (tertiary/aromatic N) is 3. The highest BCUT2D eigenvalue weighted by Crippen LogP contribution is 2.39. The van der Waals surface area contributed by atoms with Gasteiger partial charge in [0.25, 0.3) is 5.91 Å². The molecule has 27 heavy (non-hydrogen) atoms. The molecule has 136 valence electrons. The van der Waals surface area contributed by atoms with E-state index in [1.165, 1.54) is 6.26 Å². The average molecular weight is 361 g/mol. The molecule has 1 aliphatic heterocycles. The number of rotatable bonds is 2. The molecular weight excluding hydrogens is 342 g/mol. The summed E-state index contributed by atoms with van der Waals surface area (Å²) in [5, 5.41) is 0. The first-order valence-electron chi connectivity index (χ1n) is 8.76. The largest absolute Gasteiger partial charge is 0.459 e. The normalized spacial score (nSPS) is 16.1. The van der Waals surface area contributed by atoms with Crippen molar-refractivity contribution in [3.63, 3.8) is 0 Å². The lowest BCUT2D eigenvalue weighted by atomic mass is 10.0. The van der Waals surface area contributed by atoms with Gasteiger partial charge in [0.05, 0.1) is 23.7 Å². The van der Waals surface area contributed by atoms with Gasteiger partial charge in [-0.3, -0.25) is 14.6 Å². The molecule has 0 N–H and O–H groups in total. The van der Waals surface area contributed by atoms with Crippen LogP contribution in [0.1, 0.15) is 24.4 Å². The maximum Gasteiger partial charge on any atom is 0.294 e. The van der Waals surface area contributed by atoms with Crippen molar-refractivity contribution in [3.8, 4) is 11.1 Å². The van der Waals surface area contributed by atoms with Crippen molar-refractivity contribution in [1.82, 2.24) is 4.98 Å². The first-order chi connectivity index (χ1) is 13.1. The Morgan fingerprint density at radius 3 is 2.63 bits per heavy atom. The van der Waals surface area contributed by atoms with E-state index in [1.807, 2.05) is 37.3 Å². The van der Waals surface area contributed by atoms with E-state index in [0.29, 0.717) is 17.9 Å². The quantitative estimate of drug-likeness (QED) is 0.697. The summed E-state index contributed by atoms with van der Waals surface area (Å²) < 4.78 is 5.31. The molecule has 2 aromatic heterocycles. The van der Waals surface area contributed by atoms with Crippen LogP contribution in [0.5, 0.6) is 0 Å². The van der Waals surface area contributed by atoms with Gasteiger partial charge in [-0.05, 0) is 42.8 Å². The van der Waals surface area contributed by atoms with Gasteiger partial charge in [0.2, 0.25) is 5.91 Å². The number of hydrogen-bond donors (Lipinski definition) is 0. The van der Waals surface area contributed by atoms with E-state index < -0.39 is 0 Å². The van der Waals surface area contributed by atoms with Crippen molar-refractivity contribution in [3.05, 3.63) is 66.9 Å². The topological polar surface area (TPSA) is 66.7 Å². The molecule has 1 aliphatic rings. The lowest BCUT2D eigenvalue weighted by Gasteiger charge is -2.40. The third-order valence-corrected chi connectivity index (χ3v) is 4.72. The molecule has 0 saturated heterocycles. The fourth-order valence-corrected chi connectivity index (χ4v) is 3.54. The van der Waals surface area contributed by atoms with Crippen LogP contribution in [0.4, 0.5) is 11.4 Å². The van der Waals surface area contributed by atoms with Gasteiger partial charge in [-0.2, -0.15) is 0 Å². The molecule has 3 aromatic rings. The molecular formula is C21H19N3O3. The highest BCUT2D eigenvalue weighted by Gasteiger charge is 2.34. The van der Waals surface area contributed by atoms with Crippen LogP contribution >= 0.6 is 0 Å². The SMILES string of the molecule is CC(=O)N1c2ccc(-c3cccnc3)cc2N(C(=O)c2ccco2)C[C@@H]1C. The van der Waals surface area contributed by atoms with Gasteiger partial charge in [0, 0.05) is 31.4 Å². The molecule has 3 heterocycles. The molecule has 1 aromatic carbocycles. The molecule has 0 spiro atoms. The van der Waals surface area contributed by atoms with Crippen molar-refractivity contribution in [2.75, 3.05) is 16.3 Å². The molecule has 4 rings (SSSR count). The number of benzene rings is 1. The van der Waals surface area contributed by atoms with Crippen LogP contribution in [0.2, 0.25) is 0 Å². The van der Waals surface area contributed by atoms with Gasteiger partial charge in [0.1, 0.15) is 0 Å². The number of carbonyl (C=O) groups is 2. The van der Waals surface area contributed by atoms with Crippen LogP contribution in [0.25, 0.3) is 11.1 Å². The minimum atomic E-state index is -0.223. The van der Waals surface area contributed by atoms with E-state index in [0.717, 1.165) is 11.1 Å². The summed E-state index contributed by atoms with van der Waals surface area (Å²) in [5.41, 5.74) is 3.27. The predicted octanol–water partition coefficient (Wildman–Crippen LogP) is 3.74. The Kier molecular flexibility index (Phi) is 4.24. The van der Waals surface area contributed by atoms with Crippen molar-refractivity contribution >= 4 is 23.2 Å². The molecule has 2 amide bonds. The van der Waals surface area contributed by atoms with Crippen molar-refractivity contribution < 1.29 is 14.0 Å². The van der Waals surface area contributed by atoms with Gasteiger partial charge in [0.15, 0.2) is 5.76 Å². The Morgan fingerprint density at radius 1 is 1.11 bits per heavy atom.